The van der Waals surface area contributed by atoms with Crippen molar-refractivity contribution in [3.63, 3.8) is 0 Å². The fraction of sp³-hybridized carbons (Fsp3) is 0.778. The molecule has 18 heavy (non-hydrogen) atoms. The van der Waals surface area contributed by atoms with Crippen LogP contribution < -0.4 is 0 Å². The van der Waals surface area contributed by atoms with Crippen LogP contribution in [0.2, 0.25) is 0 Å². The van der Waals surface area contributed by atoms with Gasteiger partial charge in [0.2, 0.25) is 5.28 Å². The standard InChI is InChI=1S/C9H15N3O6/c1-2-8(13)17-6-18-10-12(16)11-5-3-4-7(11)9(14)15/h7H,2-6H2,1H3,(H,14,15)/b12-10-. The summed E-state index contributed by atoms with van der Waals surface area (Å²) in [6, 6.07) is -0.895. The van der Waals surface area contributed by atoms with E-state index in [2.05, 4.69) is 14.9 Å². The second-order valence-corrected chi connectivity index (χ2v) is 3.61. The van der Waals surface area contributed by atoms with Gasteiger partial charge in [-0.25, -0.2) is 4.79 Å². The van der Waals surface area contributed by atoms with E-state index in [0.717, 1.165) is 5.01 Å². The fourth-order valence-electron chi connectivity index (χ4n) is 1.52. The molecule has 0 aromatic heterocycles. The molecule has 1 aliphatic rings. The number of carbonyl (C=O) groups is 2. The van der Waals surface area contributed by atoms with Crippen molar-refractivity contribution >= 4 is 11.9 Å². The molecule has 1 saturated heterocycles. The predicted octanol–water partition coefficient (Wildman–Crippen LogP) is 0.255. The first kappa shape index (κ1) is 14.0. The number of esters is 1. The minimum Gasteiger partial charge on any atom is -0.569 e. The Labute approximate surface area is 103 Å². The van der Waals surface area contributed by atoms with E-state index < -0.39 is 24.8 Å². The van der Waals surface area contributed by atoms with E-state index in [1.807, 2.05) is 0 Å². The minimum atomic E-state index is -1.08. The van der Waals surface area contributed by atoms with Crippen LogP contribution in [0, 0.1) is 5.21 Å². The number of aliphatic carboxylic acids is 1. The molecular weight excluding hydrogens is 246 g/mol. The number of carboxylic acids is 1. The van der Waals surface area contributed by atoms with E-state index in [9.17, 15) is 14.8 Å². The zero-order valence-electron chi connectivity index (χ0n) is 9.94. The summed E-state index contributed by atoms with van der Waals surface area (Å²) in [5.74, 6) is -1.56. The number of carbonyl (C=O) groups excluding carboxylic acids is 1. The number of hydrogen-bond acceptors (Lipinski definition) is 6. The Balaban J connectivity index is 2.40. The monoisotopic (exact) mass is 261 g/mol. The van der Waals surface area contributed by atoms with E-state index in [4.69, 9.17) is 5.11 Å². The molecule has 1 N–H and O–H groups in total. The molecule has 0 spiro atoms. The largest absolute Gasteiger partial charge is 0.569 e. The molecule has 9 heteroatoms. The number of nitrogens with zero attached hydrogens (tertiary/aromatic N) is 3. The van der Waals surface area contributed by atoms with Crippen molar-refractivity contribution in [3.05, 3.63) is 5.21 Å². The summed E-state index contributed by atoms with van der Waals surface area (Å²) in [4.78, 5) is 26.1. The first-order chi connectivity index (χ1) is 8.56. The Morgan fingerprint density at radius 1 is 1.61 bits per heavy atom. The van der Waals surface area contributed by atoms with Crippen LogP contribution in [0.1, 0.15) is 26.2 Å². The smallest absolute Gasteiger partial charge is 0.332 e. The maximum atomic E-state index is 11.4. The van der Waals surface area contributed by atoms with Crippen LogP contribution >= 0.6 is 0 Å². The van der Waals surface area contributed by atoms with Crippen LogP contribution in [0.25, 0.3) is 0 Å². The third-order valence-electron chi connectivity index (χ3n) is 2.42. The molecule has 0 radical (unpaired) electrons. The Hall–Kier alpha value is -2.06. The summed E-state index contributed by atoms with van der Waals surface area (Å²) in [6.45, 7) is 1.43. The van der Waals surface area contributed by atoms with Crippen molar-refractivity contribution < 1.29 is 29.2 Å². The zero-order chi connectivity index (χ0) is 13.5. The average molecular weight is 261 g/mol. The maximum Gasteiger partial charge on any atom is 0.332 e. The summed E-state index contributed by atoms with van der Waals surface area (Å²) in [5.41, 5.74) is 0. The van der Waals surface area contributed by atoms with Gasteiger partial charge in [0.15, 0.2) is 6.04 Å². The van der Waals surface area contributed by atoms with Gasteiger partial charge in [-0.2, -0.15) is 0 Å². The molecule has 1 fully saturated rings. The maximum absolute atomic E-state index is 11.4. The van der Waals surface area contributed by atoms with Crippen LogP contribution in [0.3, 0.4) is 0 Å². The van der Waals surface area contributed by atoms with Gasteiger partial charge in [-0.3, -0.25) is 4.79 Å². The van der Waals surface area contributed by atoms with Gasteiger partial charge in [-0.1, -0.05) is 6.92 Å². The van der Waals surface area contributed by atoms with E-state index in [1.165, 1.54) is 0 Å². The van der Waals surface area contributed by atoms with E-state index >= 15 is 0 Å². The Morgan fingerprint density at radius 2 is 2.33 bits per heavy atom. The summed E-state index contributed by atoms with van der Waals surface area (Å²) in [5, 5.41) is 24.4. The van der Waals surface area contributed by atoms with Crippen molar-refractivity contribution in [1.29, 1.82) is 0 Å². The van der Waals surface area contributed by atoms with Crippen molar-refractivity contribution in [2.45, 2.75) is 32.2 Å². The number of ether oxygens (including phenoxy) is 1. The van der Waals surface area contributed by atoms with Crippen molar-refractivity contribution in [3.8, 4) is 0 Å². The molecule has 1 atom stereocenters. The summed E-state index contributed by atoms with van der Waals surface area (Å²) in [6.07, 6.45) is 1.17. The molecule has 9 nitrogen and oxygen atoms in total. The van der Waals surface area contributed by atoms with E-state index in [-0.39, 0.29) is 11.4 Å². The highest BCUT2D eigenvalue weighted by molar-refractivity contribution is 5.73. The van der Waals surface area contributed by atoms with E-state index in [1.54, 1.807) is 6.92 Å². The van der Waals surface area contributed by atoms with Gasteiger partial charge in [0.25, 0.3) is 6.79 Å². The molecule has 0 aliphatic carbocycles. The molecule has 1 rings (SSSR count). The Bertz CT molecular complexity index is 345. The summed E-state index contributed by atoms with van der Waals surface area (Å²) in [7, 11) is 0. The molecule has 0 aromatic carbocycles. The zero-order valence-corrected chi connectivity index (χ0v) is 9.94. The lowest BCUT2D eigenvalue weighted by atomic mass is 10.2. The van der Waals surface area contributed by atoms with Crippen LogP contribution in [0.15, 0.2) is 5.28 Å². The molecule has 102 valence electrons. The van der Waals surface area contributed by atoms with Gasteiger partial charge >= 0.3 is 11.9 Å². The molecule has 1 unspecified atom stereocenters. The molecule has 1 heterocycles. The van der Waals surface area contributed by atoms with E-state index in [0.29, 0.717) is 19.4 Å². The number of hydrogen-bond donors (Lipinski definition) is 1. The number of carboxylic acid groups (broad SMARTS) is 1. The lowest BCUT2D eigenvalue weighted by Gasteiger charge is -2.16. The average Bonchev–Trinajstić information content (AvgIpc) is 2.83. The predicted molar refractivity (Wildman–Crippen MR) is 55.8 cm³/mol. The van der Waals surface area contributed by atoms with Crippen LogP contribution in [-0.2, 0) is 19.2 Å². The third-order valence-corrected chi connectivity index (χ3v) is 2.42. The Kier molecular flexibility index (Phi) is 5.15. The SMILES string of the molecule is CCC(=O)OCO/N=[N+](\[O-])N1CCCC1C(=O)O. The molecule has 0 saturated carbocycles. The van der Waals surface area contributed by atoms with Crippen LogP contribution in [0.4, 0.5) is 0 Å². The van der Waals surface area contributed by atoms with Crippen LogP contribution in [0.5, 0.6) is 0 Å². The molecule has 0 amide bonds. The molecular formula is C9H15N3O6. The topological polar surface area (TPSA) is 114 Å². The minimum absolute atomic E-state index is 0.0750. The lowest BCUT2D eigenvalue weighted by molar-refractivity contribution is -0.712. The normalized spacial score (nSPS) is 19.7. The van der Waals surface area contributed by atoms with Gasteiger partial charge in [0.1, 0.15) is 0 Å². The van der Waals surface area contributed by atoms with Crippen molar-refractivity contribution in [1.82, 2.24) is 5.01 Å². The van der Waals surface area contributed by atoms with Crippen molar-refractivity contribution in [2.24, 2.45) is 5.28 Å². The third kappa shape index (κ3) is 3.75. The summed E-state index contributed by atoms with van der Waals surface area (Å²) < 4.78 is 4.52. The second-order valence-electron chi connectivity index (χ2n) is 3.61. The molecule has 0 aromatic rings. The second kappa shape index (κ2) is 6.62. The van der Waals surface area contributed by atoms with Gasteiger partial charge in [-0.05, 0) is 12.8 Å². The van der Waals surface area contributed by atoms with Gasteiger partial charge in [0.05, 0.1) is 11.5 Å². The molecule has 1 aliphatic heterocycles. The molecule has 0 bridgehead atoms. The van der Waals surface area contributed by atoms with Gasteiger partial charge in [-0.15, -0.1) is 5.01 Å². The number of hydrazine groups is 1. The van der Waals surface area contributed by atoms with Gasteiger partial charge in [0, 0.05) is 6.42 Å². The fourth-order valence-corrected chi connectivity index (χ4v) is 1.52. The Morgan fingerprint density at radius 3 is 2.94 bits per heavy atom. The quantitative estimate of drug-likeness (QED) is 0.182. The first-order valence-electron chi connectivity index (χ1n) is 5.51. The highest BCUT2D eigenvalue weighted by Crippen LogP contribution is 2.17. The number of rotatable bonds is 6. The lowest BCUT2D eigenvalue weighted by Crippen LogP contribution is -2.40. The van der Waals surface area contributed by atoms with Crippen LogP contribution in [-0.4, -0.2) is 46.4 Å². The highest BCUT2D eigenvalue weighted by atomic mass is 16.8. The highest BCUT2D eigenvalue weighted by Gasteiger charge is 2.36. The van der Waals surface area contributed by atoms with Gasteiger partial charge < -0.3 is 19.9 Å². The summed E-state index contributed by atoms with van der Waals surface area (Å²) >= 11 is 0. The first-order valence-corrected chi connectivity index (χ1v) is 5.51. The van der Waals surface area contributed by atoms with Crippen molar-refractivity contribution in [2.75, 3.05) is 13.3 Å².